The monoisotopic (exact) mass is 505 g/mol. The maximum Gasteiger partial charge on any atom is 0.319 e. The molecule has 0 saturated carbocycles. The van der Waals surface area contributed by atoms with Crippen LogP contribution < -0.4 is 9.64 Å². The van der Waals surface area contributed by atoms with E-state index in [1.54, 1.807) is 30.3 Å². The van der Waals surface area contributed by atoms with Gasteiger partial charge in [-0.1, -0.05) is 78.3 Å². The molecule has 0 bridgehead atoms. The third-order valence-electron chi connectivity index (χ3n) is 7.75. The predicted octanol–water partition coefficient (Wildman–Crippen LogP) is 6.02. The molecule has 1 saturated heterocycles. The zero-order valence-electron chi connectivity index (χ0n) is 19.5. The Labute approximate surface area is 217 Å². The summed E-state index contributed by atoms with van der Waals surface area (Å²) in [6, 6.07) is 27.9. The largest absolute Gasteiger partial charge is 0.425 e. The summed E-state index contributed by atoms with van der Waals surface area (Å²) in [7, 11) is 0. The van der Waals surface area contributed by atoms with E-state index in [-0.39, 0.29) is 11.8 Å². The molecular formula is C31H20ClNO4. The van der Waals surface area contributed by atoms with Crippen molar-refractivity contribution >= 4 is 51.4 Å². The Balaban J connectivity index is 1.47. The summed E-state index contributed by atoms with van der Waals surface area (Å²) in [5.74, 6) is -3.62. The van der Waals surface area contributed by atoms with Crippen molar-refractivity contribution in [2.24, 2.45) is 17.8 Å². The van der Waals surface area contributed by atoms with Crippen molar-refractivity contribution in [2.75, 3.05) is 4.90 Å². The second kappa shape index (κ2) is 8.15. The first-order valence-corrected chi connectivity index (χ1v) is 12.5. The standard InChI is InChI=1S/C31H20ClNO4/c32-19-11-13-20(14-12-19)33-29(34)26-22(17-6-2-1-3-7-17)16-23-25-21-9-5-4-8-18(21)10-15-24(25)37-31(36)27(23)28(26)30(33)35/h1-16,22,26-28H/t22-,26+,27-,28-/m1/s1. The zero-order chi connectivity index (χ0) is 25.3. The molecule has 0 unspecified atom stereocenters. The Bertz CT molecular complexity index is 1640. The predicted molar refractivity (Wildman–Crippen MR) is 141 cm³/mol. The Morgan fingerprint density at radius 3 is 2.22 bits per heavy atom. The van der Waals surface area contributed by atoms with Gasteiger partial charge in [0.15, 0.2) is 0 Å². The van der Waals surface area contributed by atoms with Crippen LogP contribution in [0.1, 0.15) is 17.0 Å². The lowest BCUT2D eigenvalue weighted by Gasteiger charge is -2.38. The molecule has 0 spiro atoms. The Hall–Kier alpha value is -4.22. The highest BCUT2D eigenvalue weighted by molar-refractivity contribution is 6.31. The first-order valence-electron chi connectivity index (χ1n) is 12.2. The Morgan fingerprint density at radius 1 is 0.730 bits per heavy atom. The van der Waals surface area contributed by atoms with E-state index in [0.717, 1.165) is 27.5 Å². The van der Waals surface area contributed by atoms with Gasteiger partial charge in [-0.2, -0.15) is 0 Å². The van der Waals surface area contributed by atoms with E-state index in [4.69, 9.17) is 16.3 Å². The second-order valence-electron chi connectivity index (χ2n) is 9.66. The van der Waals surface area contributed by atoms with Gasteiger partial charge in [-0.25, -0.2) is 4.90 Å². The number of benzene rings is 4. The van der Waals surface area contributed by atoms with E-state index in [2.05, 4.69) is 0 Å². The van der Waals surface area contributed by atoms with Crippen molar-refractivity contribution < 1.29 is 19.1 Å². The summed E-state index contributed by atoms with van der Waals surface area (Å²) in [6.45, 7) is 0. The maximum absolute atomic E-state index is 14.0. The summed E-state index contributed by atoms with van der Waals surface area (Å²) < 4.78 is 5.82. The third kappa shape index (κ3) is 3.20. The van der Waals surface area contributed by atoms with Gasteiger partial charge in [0.2, 0.25) is 11.8 Å². The topological polar surface area (TPSA) is 63.7 Å². The van der Waals surface area contributed by atoms with Crippen LogP contribution in [-0.4, -0.2) is 17.8 Å². The van der Waals surface area contributed by atoms with E-state index >= 15 is 0 Å². The normalized spacial score (nSPS) is 24.3. The van der Waals surface area contributed by atoms with Crippen molar-refractivity contribution in [3.05, 3.63) is 113 Å². The van der Waals surface area contributed by atoms with Gasteiger partial charge >= 0.3 is 5.97 Å². The molecule has 0 radical (unpaired) electrons. The van der Waals surface area contributed by atoms with Crippen molar-refractivity contribution in [2.45, 2.75) is 5.92 Å². The SMILES string of the molecule is O=C1Oc2ccc3ccccc3c2C2=C[C@H](c3ccccc3)[C@@H]3C(=O)N(c4ccc(Cl)cc4)C(=O)[C@H]3[C@H]12. The molecule has 180 valence electrons. The van der Waals surface area contributed by atoms with Gasteiger partial charge in [0.05, 0.1) is 23.4 Å². The van der Waals surface area contributed by atoms with Gasteiger partial charge < -0.3 is 4.74 Å². The van der Waals surface area contributed by atoms with Gasteiger partial charge in [0, 0.05) is 16.5 Å². The number of allylic oxidation sites excluding steroid dienone is 1. The molecule has 1 fully saturated rings. The fourth-order valence-electron chi connectivity index (χ4n) is 6.18. The zero-order valence-corrected chi connectivity index (χ0v) is 20.3. The first-order chi connectivity index (χ1) is 18.0. The minimum atomic E-state index is -0.881. The third-order valence-corrected chi connectivity index (χ3v) is 8.00. The average Bonchev–Trinajstić information content (AvgIpc) is 3.19. The summed E-state index contributed by atoms with van der Waals surface area (Å²) >= 11 is 6.06. The highest BCUT2D eigenvalue weighted by Crippen LogP contribution is 2.55. The number of halogens is 1. The number of hydrogen-bond donors (Lipinski definition) is 0. The van der Waals surface area contributed by atoms with Crippen molar-refractivity contribution in [1.29, 1.82) is 0 Å². The number of carbonyl (C=O) groups excluding carboxylic acids is 3. The molecule has 2 heterocycles. The molecule has 37 heavy (non-hydrogen) atoms. The van der Waals surface area contributed by atoms with Crippen LogP contribution in [0, 0.1) is 17.8 Å². The average molecular weight is 506 g/mol. The highest BCUT2D eigenvalue weighted by atomic mass is 35.5. The number of ether oxygens (including phenoxy) is 1. The minimum absolute atomic E-state index is 0.321. The quantitative estimate of drug-likeness (QED) is 0.190. The lowest BCUT2D eigenvalue weighted by Crippen LogP contribution is -2.42. The molecule has 0 N–H and O–H groups in total. The van der Waals surface area contributed by atoms with E-state index in [1.165, 1.54) is 4.90 Å². The lowest BCUT2D eigenvalue weighted by atomic mass is 9.64. The number of hydrogen-bond acceptors (Lipinski definition) is 4. The molecule has 5 nitrogen and oxygen atoms in total. The molecule has 4 aromatic carbocycles. The fourth-order valence-corrected chi connectivity index (χ4v) is 6.30. The van der Waals surface area contributed by atoms with Crippen molar-refractivity contribution in [3.63, 3.8) is 0 Å². The second-order valence-corrected chi connectivity index (χ2v) is 10.1. The van der Waals surface area contributed by atoms with E-state index in [1.807, 2.05) is 66.7 Å². The summed E-state index contributed by atoms with van der Waals surface area (Å²) in [5, 5.41) is 2.46. The minimum Gasteiger partial charge on any atom is -0.425 e. The number of carbonyl (C=O) groups is 3. The summed E-state index contributed by atoms with van der Waals surface area (Å²) in [4.78, 5) is 42.7. The van der Waals surface area contributed by atoms with Crippen LogP contribution in [0.2, 0.25) is 5.02 Å². The molecule has 2 amide bonds. The van der Waals surface area contributed by atoms with Crippen molar-refractivity contribution in [3.8, 4) is 5.75 Å². The van der Waals surface area contributed by atoms with E-state index in [0.29, 0.717) is 16.5 Å². The number of nitrogens with zero attached hydrogens (tertiary/aromatic N) is 1. The molecule has 0 aromatic heterocycles. The maximum atomic E-state index is 14.0. The molecule has 4 atom stereocenters. The molecule has 2 aliphatic heterocycles. The van der Waals surface area contributed by atoms with Crippen LogP contribution >= 0.6 is 11.6 Å². The number of esters is 1. The molecule has 7 rings (SSSR count). The van der Waals surface area contributed by atoms with E-state index < -0.39 is 29.6 Å². The number of rotatable bonds is 2. The van der Waals surface area contributed by atoms with Crippen LogP contribution in [0.25, 0.3) is 16.3 Å². The molecular weight excluding hydrogens is 486 g/mol. The first kappa shape index (κ1) is 22.0. The summed E-state index contributed by atoms with van der Waals surface area (Å²) in [5.41, 5.74) is 2.92. The molecule has 6 heteroatoms. The van der Waals surface area contributed by atoms with Gasteiger partial charge in [-0.15, -0.1) is 0 Å². The van der Waals surface area contributed by atoms with E-state index in [9.17, 15) is 14.4 Å². The van der Waals surface area contributed by atoms with Gasteiger partial charge in [-0.05, 0) is 52.2 Å². The number of imide groups is 1. The van der Waals surface area contributed by atoms with Crippen LogP contribution in [0.15, 0.2) is 97.1 Å². The van der Waals surface area contributed by atoms with Crippen LogP contribution in [-0.2, 0) is 14.4 Å². The Kier molecular flexibility index (Phi) is 4.85. The highest BCUT2D eigenvalue weighted by Gasteiger charge is 2.60. The van der Waals surface area contributed by atoms with Crippen LogP contribution in [0.3, 0.4) is 0 Å². The van der Waals surface area contributed by atoms with Gasteiger partial charge in [-0.3, -0.25) is 14.4 Å². The summed E-state index contributed by atoms with van der Waals surface area (Å²) in [6.07, 6.45) is 2.02. The number of anilines is 1. The molecule has 4 aromatic rings. The smallest absolute Gasteiger partial charge is 0.319 e. The van der Waals surface area contributed by atoms with Gasteiger partial charge in [0.1, 0.15) is 5.75 Å². The fraction of sp³-hybridized carbons (Fsp3) is 0.129. The van der Waals surface area contributed by atoms with Crippen LogP contribution in [0.4, 0.5) is 5.69 Å². The lowest BCUT2D eigenvalue weighted by molar-refractivity contribution is -0.142. The van der Waals surface area contributed by atoms with Crippen molar-refractivity contribution in [1.82, 2.24) is 0 Å². The van der Waals surface area contributed by atoms with Gasteiger partial charge in [0.25, 0.3) is 0 Å². The Morgan fingerprint density at radius 2 is 1.43 bits per heavy atom. The molecule has 1 aliphatic carbocycles. The molecule has 3 aliphatic rings. The van der Waals surface area contributed by atoms with Crippen LogP contribution in [0.5, 0.6) is 5.75 Å². The number of fused-ring (bicyclic) bond motifs is 7. The number of amides is 2.